The minimum Gasteiger partial charge on any atom is -0.368 e. The Hall–Kier alpha value is -3.30. The van der Waals surface area contributed by atoms with Gasteiger partial charge in [0.15, 0.2) is 22.8 Å². The fourth-order valence-electron chi connectivity index (χ4n) is 4.30. The van der Waals surface area contributed by atoms with Crippen molar-refractivity contribution in [1.29, 1.82) is 0 Å². The minimum atomic E-state index is 0.264. The van der Waals surface area contributed by atoms with E-state index in [0.717, 1.165) is 59.5 Å². The van der Waals surface area contributed by atoms with Gasteiger partial charge in [-0.2, -0.15) is 11.3 Å². The van der Waals surface area contributed by atoms with E-state index < -0.39 is 0 Å². The van der Waals surface area contributed by atoms with E-state index in [9.17, 15) is 4.79 Å². The summed E-state index contributed by atoms with van der Waals surface area (Å²) in [6.45, 7) is 2.35. The average molecular weight is 475 g/mol. The summed E-state index contributed by atoms with van der Waals surface area (Å²) in [5.41, 5.74) is 3.61. The molecule has 7 nitrogen and oxygen atoms in total. The normalized spacial score (nSPS) is 14.1. The summed E-state index contributed by atoms with van der Waals surface area (Å²) in [4.78, 5) is 28.3. The predicted octanol–water partition coefficient (Wildman–Crippen LogP) is 5.18. The topological polar surface area (TPSA) is 75.9 Å². The van der Waals surface area contributed by atoms with Crippen molar-refractivity contribution in [2.45, 2.75) is 19.3 Å². The lowest BCUT2D eigenvalue weighted by Gasteiger charge is -2.15. The Morgan fingerprint density at radius 1 is 1.12 bits per heavy atom. The van der Waals surface area contributed by atoms with Crippen LogP contribution in [0.2, 0.25) is 0 Å². The lowest BCUT2D eigenvalue weighted by Crippen LogP contribution is -2.27. The van der Waals surface area contributed by atoms with Crippen molar-refractivity contribution in [3.05, 3.63) is 52.8 Å². The number of likely N-dealkylation sites (tertiary alicyclic amines) is 1. The number of benzene rings is 1. The zero-order valence-corrected chi connectivity index (χ0v) is 19.5. The molecular weight excluding hydrogens is 452 g/mol. The lowest BCUT2D eigenvalue weighted by molar-refractivity contribution is -0.127. The summed E-state index contributed by atoms with van der Waals surface area (Å²) >= 11 is 3.35. The maximum atomic E-state index is 11.9. The zero-order valence-electron chi connectivity index (χ0n) is 17.9. The van der Waals surface area contributed by atoms with E-state index in [1.165, 1.54) is 4.70 Å². The molecule has 5 heterocycles. The monoisotopic (exact) mass is 474 g/mol. The molecule has 1 saturated heterocycles. The molecule has 0 aliphatic carbocycles. The Morgan fingerprint density at radius 2 is 2.06 bits per heavy atom. The molecule has 6 rings (SSSR count). The Balaban J connectivity index is 1.37. The van der Waals surface area contributed by atoms with Gasteiger partial charge >= 0.3 is 0 Å². The number of hydrogen-bond acceptors (Lipinski definition) is 7. The zero-order chi connectivity index (χ0) is 22.2. The SMILES string of the molecule is O=C1CCCN1CCCNc1nc(-c2csc3ccccc23)nc2c1ncn2-c1ccsc1. The van der Waals surface area contributed by atoms with Crippen molar-refractivity contribution in [2.24, 2.45) is 0 Å². The molecule has 4 aromatic heterocycles. The van der Waals surface area contributed by atoms with Gasteiger partial charge in [-0.15, -0.1) is 11.3 Å². The summed E-state index contributed by atoms with van der Waals surface area (Å²) in [6.07, 6.45) is 4.32. The molecule has 9 heteroatoms. The van der Waals surface area contributed by atoms with Gasteiger partial charge in [0.2, 0.25) is 5.91 Å². The number of nitrogens with zero attached hydrogens (tertiary/aromatic N) is 5. The molecule has 1 N–H and O–H groups in total. The van der Waals surface area contributed by atoms with Gasteiger partial charge in [-0.05, 0) is 30.4 Å². The molecule has 1 aliphatic rings. The molecule has 1 aliphatic heterocycles. The van der Waals surface area contributed by atoms with E-state index >= 15 is 0 Å². The van der Waals surface area contributed by atoms with E-state index in [-0.39, 0.29) is 5.91 Å². The first-order valence-electron chi connectivity index (χ1n) is 11.0. The number of fused-ring (bicyclic) bond motifs is 2. The fourth-order valence-corrected chi connectivity index (χ4v) is 5.86. The van der Waals surface area contributed by atoms with Gasteiger partial charge in [-0.1, -0.05) is 18.2 Å². The van der Waals surface area contributed by atoms with Gasteiger partial charge in [-0.3, -0.25) is 9.36 Å². The number of rotatable bonds is 7. The highest BCUT2D eigenvalue weighted by atomic mass is 32.1. The number of carbonyl (C=O) groups is 1. The van der Waals surface area contributed by atoms with Crippen LogP contribution in [0.5, 0.6) is 0 Å². The van der Waals surface area contributed by atoms with E-state index in [2.05, 4.69) is 50.7 Å². The Bertz CT molecular complexity index is 1440. The molecule has 1 aromatic carbocycles. The third-order valence-electron chi connectivity index (χ3n) is 5.97. The van der Waals surface area contributed by atoms with Gasteiger partial charge in [0.05, 0.1) is 5.69 Å². The third kappa shape index (κ3) is 3.77. The second-order valence-electron chi connectivity index (χ2n) is 8.07. The van der Waals surface area contributed by atoms with Crippen molar-refractivity contribution in [1.82, 2.24) is 24.4 Å². The quantitative estimate of drug-likeness (QED) is 0.329. The van der Waals surface area contributed by atoms with Gasteiger partial charge in [0, 0.05) is 52.5 Å². The molecule has 33 heavy (non-hydrogen) atoms. The maximum absolute atomic E-state index is 11.9. The molecule has 0 spiro atoms. The van der Waals surface area contributed by atoms with Gasteiger partial charge < -0.3 is 10.2 Å². The smallest absolute Gasteiger partial charge is 0.222 e. The van der Waals surface area contributed by atoms with Crippen molar-refractivity contribution < 1.29 is 4.79 Å². The number of carbonyl (C=O) groups excluding carboxylic acids is 1. The van der Waals surface area contributed by atoms with Gasteiger partial charge in [0.25, 0.3) is 0 Å². The second kappa shape index (κ2) is 8.57. The molecule has 1 fully saturated rings. The van der Waals surface area contributed by atoms with Crippen molar-refractivity contribution >= 4 is 55.6 Å². The lowest BCUT2D eigenvalue weighted by atomic mass is 10.1. The maximum Gasteiger partial charge on any atom is 0.222 e. The van der Waals surface area contributed by atoms with Crippen LogP contribution >= 0.6 is 22.7 Å². The Labute approximate surface area is 198 Å². The molecule has 5 aromatic rings. The number of nitrogens with one attached hydrogen (secondary N) is 1. The number of imidazole rings is 1. The molecule has 0 unspecified atom stereocenters. The molecule has 1 amide bonds. The molecule has 0 radical (unpaired) electrons. The van der Waals surface area contributed by atoms with Crippen LogP contribution < -0.4 is 5.32 Å². The van der Waals surface area contributed by atoms with Crippen molar-refractivity contribution in [3.8, 4) is 17.1 Å². The van der Waals surface area contributed by atoms with Crippen LogP contribution in [0.25, 0.3) is 38.3 Å². The number of aromatic nitrogens is 4. The summed E-state index contributed by atoms with van der Waals surface area (Å²) in [5.74, 6) is 1.68. The van der Waals surface area contributed by atoms with Crippen molar-refractivity contribution in [3.63, 3.8) is 0 Å². The van der Waals surface area contributed by atoms with E-state index in [0.29, 0.717) is 18.8 Å². The molecule has 166 valence electrons. The first kappa shape index (κ1) is 20.3. The molecule has 0 saturated carbocycles. The number of amides is 1. The van der Waals surface area contributed by atoms with Gasteiger partial charge in [-0.25, -0.2) is 15.0 Å². The molecule has 0 bridgehead atoms. The standard InChI is InChI=1S/C24H22N6OS2/c31-20-7-3-10-29(20)11-4-9-25-23-21-24(30(15-26-21)16-8-12-32-13-16)28-22(27-23)18-14-33-19-6-2-1-5-17(18)19/h1-2,5-6,8,12-15H,3-4,7,9-11H2,(H,25,27,28). The molecular formula is C24H22N6OS2. The highest BCUT2D eigenvalue weighted by molar-refractivity contribution is 7.17. The minimum absolute atomic E-state index is 0.264. The third-order valence-corrected chi connectivity index (χ3v) is 7.61. The second-order valence-corrected chi connectivity index (χ2v) is 9.77. The predicted molar refractivity (Wildman–Crippen MR) is 134 cm³/mol. The van der Waals surface area contributed by atoms with Crippen LogP contribution in [-0.4, -0.2) is 50.0 Å². The van der Waals surface area contributed by atoms with Crippen LogP contribution in [0.15, 0.2) is 52.8 Å². The summed E-state index contributed by atoms with van der Waals surface area (Å²) in [7, 11) is 0. The summed E-state index contributed by atoms with van der Waals surface area (Å²) < 4.78 is 3.23. The highest BCUT2D eigenvalue weighted by Gasteiger charge is 2.20. The number of anilines is 1. The Kier molecular flexibility index (Phi) is 5.27. The number of hydrogen-bond donors (Lipinski definition) is 1. The van der Waals surface area contributed by atoms with Crippen LogP contribution in [0.3, 0.4) is 0 Å². The van der Waals surface area contributed by atoms with Crippen LogP contribution in [0.4, 0.5) is 5.82 Å². The largest absolute Gasteiger partial charge is 0.368 e. The average Bonchev–Trinajstić information content (AvgIpc) is 3.63. The first-order valence-corrected chi connectivity index (χ1v) is 12.9. The van der Waals surface area contributed by atoms with Gasteiger partial charge in [0.1, 0.15) is 6.33 Å². The van der Waals surface area contributed by atoms with E-state index in [4.69, 9.17) is 9.97 Å². The summed E-state index contributed by atoms with van der Waals surface area (Å²) in [5, 5.41) is 10.9. The first-order chi connectivity index (χ1) is 16.3. The fraction of sp³-hybridized carbons (Fsp3) is 0.250. The Morgan fingerprint density at radius 3 is 2.91 bits per heavy atom. The van der Waals surface area contributed by atoms with E-state index in [1.54, 1.807) is 22.7 Å². The van der Waals surface area contributed by atoms with Crippen LogP contribution in [0, 0.1) is 0 Å². The summed E-state index contributed by atoms with van der Waals surface area (Å²) in [6, 6.07) is 10.4. The highest BCUT2D eigenvalue weighted by Crippen LogP contribution is 2.34. The number of thiophene rings is 2. The van der Waals surface area contributed by atoms with Crippen LogP contribution in [0.1, 0.15) is 19.3 Å². The van der Waals surface area contributed by atoms with Crippen molar-refractivity contribution in [2.75, 3.05) is 25.0 Å². The molecule has 0 atom stereocenters. The van der Waals surface area contributed by atoms with Crippen LogP contribution in [-0.2, 0) is 4.79 Å². The van der Waals surface area contributed by atoms with E-state index in [1.807, 2.05) is 21.9 Å².